The Morgan fingerprint density at radius 1 is 1.00 bits per heavy atom. The first kappa shape index (κ1) is 17.0. The number of nitrogens with two attached hydrogens (primary N) is 1. The van der Waals surface area contributed by atoms with Crippen LogP contribution in [-0.4, -0.2) is 39.1 Å². The molecule has 0 radical (unpaired) electrons. The van der Waals surface area contributed by atoms with Gasteiger partial charge in [0.15, 0.2) is 5.69 Å². The van der Waals surface area contributed by atoms with E-state index in [0.717, 1.165) is 0 Å². The number of aromatic nitrogens is 2. The summed E-state index contributed by atoms with van der Waals surface area (Å²) in [7, 11) is 0. The SMILES string of the molecule is NC(=O)C1CCCN1C(=O)c1nn(-c2ccccc2)c(=O)c2ccccc12. The predicted molar refractivity (Wildman–Crippen MR) is 101 cm³/mol. The van der Waals surface area contributed by atoms with E-state index in [9.17, 15) is 14.4 Å². The maximum atomic E-state index is 13.2. The zero-order valence-electron chi connectivity index (χ0n) is 14.5. The number of hydrogen-bond acceptors (Lipinski definition) is 4. The van der Waals surface area contributed by atoms with Crippen LogP contribution in [0.15, 0.2) is 59.4 Å². The van der Waals surface area contributed by atoms with E-state index in [1.165, 1.54) is 9.58 Å². The van der Waals surface area contributed by atoms with Crippen molar-refractivity contribution in [2.45, 2.75) is 18.9 Å². The maximum absolute atomic E-state index is 13.2. The fraction of sp³-hybridized carbons (Fsp3) is 0.200. The lowest BCUT2D eigenvalue weighted by atomic mass is 10.1. The summed E-state index contributed by atoms with van der Waals surface area (Å²) >= 11 is 0. The molecule has 2 aromatic carbocycles. The Balaban J connectivity index is 1.92. The highest BCUT2D eigenvalue weighted by molar-refractivity contribution is 6.06. The molecule has 1 atom stereocenters. The van der Waals surface area contributed by atoms with Crippen LogP contribution in [0.3, 0.4) is 0 Å². The highest BCUT2D eigenvalue weighted by atomic mass is 16.2. The number of nitrogens with zero attached hydrogens (tertiary/aromatic N) is 3. The molecule has 0 spiro atoms. The zero-order valence-corrected chi connectivity index (χ0v) is 14.5. The van der Waals surface area contributed by atoms with Crippen LogP contribution in [0.2, 0.25) is 0 Å². The van der Waals surface area contributed by atoms with Gasteiger partial charge < -0.3 is 10.6 Å². The van der Waals surface area contributed by atoms with E-state index < -0.39 is 17.9 Å². The molecular formula is C20H18N4O3. The van der Waals surface area contributed by atoms with E-state index in [4.69, 9.17) is 5.73 Å². The standard InChI is InChI=1S/C20H18N4O3/c21-18(25)16-11-6-12-23(16)20(27)17-14-9-4-5-10-15(14)19(26)24(22-17)13-7-2-1-3-8-13/h1-5,7-10,16H,6,11-12H2,(H2,21,25). The number of amides is 2. The van der Waals surface area contributed by atoms with Gasteiger partial charge in [0.25, 0.3) is 11.5 Å². The van der Waals surface area contributed by atoms with Gasteiger partial charge in [-0.1, -0.05) is 36.4 Å². The lowest BCUT2D eigenvalue weighted by Crippen LogP contribution is -2.44. The molecule has 3 aromatic rings. The van der Waals surface area contributed by atoms with Crippen LogP contribution in [0.25, 0.3) is 16.5 Å². The minimum atomic E-state index is -0.643. The van der Waals surface area contributed by atoms with Crippen LogP contribution >= 0.6 is 0 Å². The number of carbonyl (C=O) groups is 2. The third-order valence-corrected chi connectivity index (χ3v) is 4.85. The van der Waals surface area contributed by atoms with Gasteiger partial charge in [0, 0.05) is 11.9 Å². The molecule has 27 heavy (non-hydrogen) atoms. The predicted octanol–water partition coefficient (Wildman–Crippen LogP) is 1.48. The van der Waals surface area contributed by atoms with Crippen LogP contribution in [-0.2, 0) is 4.79 Å². The van der Waals surface area contributed by atoms with Gasteiger partial charge in [-0.3, -0.25) is 14.4 Å². The quantitative estimate of drug-likeness (QED) is 0.763. The van der Waals surface area contributed by atoms with Crippen molar-refractivity contribution in [3.63, 3.8) is 0 Å². The molecule has 1 fully saturated rings. The van der Waals surface area contributed by atoms with E-state index in [-0.39, 0.29) is 11.3 Å². The number of rotatable bonds is 3. The van der Waals surface area contributed by atoms with E-state index in [2.05, 4.69) is 5.10 Å². The van der Waals surface area contributed by atoms with Gasteiger partial charge in [0.1, 0.15) is 6.04 Å². The fourth-order valence-corrected chi connectivity index (χ4v) is 3.53. The molecule has 1 unspecified atom stereocenters. The summed E-state index contributed by atoms with van der Waals surface area (Å²) in [5.41, 5.74) is 5.85. The van der Waals surface area contributed by atoms with E-state index in [1.807, 2.05) is 6.07 Å². The van der Waals surface area contributed by atoms with E-state index >= 15 is 0 Å². The second kappa shape index (κ2) is 6.68. The van der Waals surface area contributed by atoms with Crippen molar-refractivity contribution in [2.75, 3.05) is 6.54 Å². The smallest absolute Gasteiger partial charge is 0.279 e. The molecule has 7 nitrogen and oxygen atoms in total. The largest absolute Gasteiger partial charge is 0.368 e. The number of likely N-dealkylation sites (tertiary alicyclic amines) is 1. The van der Waals surface area contributed by atoms with Gasteiger partial charge in [0.2, 0.25) is 5.91 Å². The highest BCUT2D eigenvalue weighted by Crippen LogP contribution is 2.22. The number of carbonyl (C=O) groups excluding carboxylic acids is 2. The number of benzene rings is 2. The molecule has 7 heteroatoms. The third-order valence-electron chi connectivity index (χ3n) is 4.85. The minimum absolute atomic E-state index is 0.141. The molecule has 136 valence electrons. The molecule has 2 N–H and O–H groups in total. The number of primary amides is 1. The van der Waals surface area contributed by atoms with Crippen molar-refractivity contribution in [1.82, 2.24) is 14.7 Å². The zero-order chi connectivity index (χ0) is 19.0. The second-order valence-electron chi connectivity index (χ2n) is 6.51. The first-order valence-corrected chi connectivity index (χ1v) is 8.75. The molecule has 1 aliphatic rings. The molecule has 0 bridgehead atoms. The third kappa shape index (κ3) is 2.87. The van der Waals surface area contributed by atoms with Crippen LogP contribution in [0, 0.1) is 0 Å². The molecule has 1 aromatic heterocycles. The summed E-state index contributed by atoms with van der Waals surface area (Å²) < 4.78 is 1.23. The Labute approximate surface area is 155 Å². The monoisotopic (exact) mass is 362 g/mol. The molecule has 2 heterocycles. The Bertz CT molecular complexity index is 1090. The van der Waals surface area contributed by atoms with Gasteiger partial charge >= 0.3 is 0 Å². The van der Waals surface area contributed by atoms with Gasteiger partial charge in [-0.05, 0) is 31.0 Å². The first-order chi connectivity index (χ1) is 13.1. The molecule has 2 amide bonds. The van der Waals surface area contributed by atoms with Crippen LogP contribution < -0.4 is 11.3 Å². The summed E-state index contributed by atoms with van der Waals surface area (Å²) in [6.07, 6.45) is 1.24. The first-order valence-electron chi connectivity index (χ1n) is 8.75. The highest BCUT2D eigenvalue weighted by Gasteiger charge is 2.35. The maximum Gasteiger partial charge on any atom is 0.279 e. The van der Waals surface area contributed by atoms with E-state index in [0.29, 0.717) is 35.8 Å². The number of fused-ring (bicyclic) bond motifs is 1. The normalized spacial score (nSPS) is 16.6. The van der Waals surface area contributed by atoms with Crippen LogP contribution in [0.5, 0.6) is 0 Å². The van der Waals surface area contributed by atoms with Crippen molar-refractivity contribution >= 4 is 22.6 Å². The summed E-state index contributed by atoms with van der Waals surface area (Å²) in [4.78, 5) is 39.3. The van der Waals surface area contributed by atoms with Gasteiger partial charge in [-0.25, -0.2) is 0 Å². The Morgan fingerprint density at radius 3 is 2.37 bits per heavy atom. The number of hydrogen-bond donors (Lipinski definition) is 1. The Morgan fingerprint density at radius 2 is 1.67 bits per heavy atom. The molecule has 0 saturated carbocycles. The summed E-state index contributed by atoms with van der Waals surface area (Å²) in [5.74, 6) is -0.918. The second-order valence-corrected chi connectivity index (χ2v) is 6.51. The van der Waals surface area contributed by atoms with Crippen molar-refractivity contribution in [1.29, 1.82) is 0 Å². The number of para-hydroxylation sites is 1. The molecule has 1 aliphatic heterocycles. The summed E-state index contributed by atoms with van der Waals surface area (Å²) in [6.45, 7) is 0.437. The van der Waals surface area contributed by atoms with Crippen LogP contribution in [0.1, 0.15) is 23.3 Å². The topological polar surface area (TPSA) is 98.3 Å². The molecular weight excluding hydrogens is 344 g/mol. The van der Waals surface area contributed by atoms with Crippen LogP contribution in [0.4, 0.5) is 0 Å². The van der Waals surface area contributed by atoms with Crippen molar-refractivity contribution < 1.29 is 9.59 Å². The van der Waals surface area contributed by atoms with Gasteiger partial charge in [0.05, 0.1) is 11.1 Å². The van der Waals surface area contributed by atoms with E-state index in [1.54, 1.807) is 48.5 Å². The minimum Gasteiger partial charge on any atom is -0.368 e. The Hall–Kier alpha value is -3.48. The van der Waals surface area contributed by atoms with Crippen molar-refractivity contribution in [3.8, 4) is 5.69 Å². The summed E-state index contributed by atoms with van der Waals surface area (Å²) in [5, 5.41) is 5.23. The van der Waals surface area contributed by atoms with Crippen molar-refractivity contribution in [2.24, 2.45) is 5.73 Å². The average molecular weight is 362 g/mol. The van der Waals surface area contributed by atoms with Crippen molar-refractivity contribution in [3.05, 3.63) is 70.6 Å². The fourth-order valence-electron chi connectivity index (χ4n) is 3.53. The average Bonchev–Trinajstić information content (AvgIpc) is 3.19. The lowest BCUT2D eigenvalue weighted by molar-refractivity contribution is -0.121. The summed E-state index contributed by atoms with van der Waals surface area (Å²) in [6, 6.07) is 15.1. The lowest BCUT2D eigenvalue weighted by Gasteiger charge is -2.22. The molecule has 4 rings (SSSR count). The molecule has 0 aliphatic carbocycles. The van der Waals surface area contributed by atoms with Gasteiger partial charge in [-0.15, -0.1) is 0 Å². The molecule has 1 saturated heterocycles. The van der Waals surface area contributed by atoms with Gasteiger partial charge in [-0.2, -0.15) is 9.78 Å². The Kier molecular flexibility index (Phi) is 4.19.